The summed E-state index contributed by atoms with van der Waals surface area (Å²) in [6, 6.07) is 0. The van der Waals surface area contributed by atoms with E-state index < -0.39 is 29.1 Å². The molecule has 1 amide bonds. The lowest BCUT2D eigenvalue weighted by Gasteiger charge is -2.54. The second-order valence-electron chi connectivity index (χ2n) is 6.29. The Morgan fingerprint density at radius 3 is 2.90 bits per heavy atom. The van der Waals surface area contributed by atoms with Crippen LogP contribution < -0.4 is 5.32 Å². The van der Waals surface area contributed by atoms with Crippen LogP contribution in [0.25, 0.3) is 0 Å². The third-order valence-electron chi connectivity index (χ3n) is 5.25. The summed E-state index contributed by atoms with van der Waals surface area (Å²) in [5.74, 6) is -1.14. The standard InChI is InChI=1S/C15H20ClNO4/c1-14-10(7-8-16)12(19)17-15(14,13(20)21-14)11(18)9-5-3-2-4-6-9/h3,5,9-11,18H,2,4,6-8H2,1H3,(H,17,19)/t9?,10-,11-,14-,15?/m0/s1. The molecule has 0 spiro atoms. The number of amides is 1. The molecule has 0 aromatic carbocycles. The van der Waals surface area contributed by atoms with Crippen LogP contribution in [0.2, 0.25) is 0 Å². The topological polar surface area (TPSA) is 75.6 Å². The molecule has 0 aromatic heterocycles. The first-order valence-electron chi connectivity index (χ1n) is 7.43. The van der Waals surface area contributed by atoms with Crippen LogP contribution in [0, 0.1) is 11.8 Å². The van der Waals surface area contributed by atoms with Crippen LogP contribution in [0.3, 0.4) is 0 Å². The van der Waals surface area contributed by atoms with Gasteiger partial charge in [0.15, 0.2) is 5.60 Å². The van der Waals surface area contributed by atoms with E-state index >= 15 is 0 Å². The highest BCUT2D eigenvalue weighted by molar-refractivity contribution is 6.18. The van der Waals surface area contributed by atoms with Gasteiger partial charge < -0.3 is 15.2 Å². The Hall–Kier alpha value is -1.07. The van der Waals surface area contributed by atoms with Crippen molar-refractivity contribution < 1.29 is 19.4 Å². The first-order chi connectivity index (χ1) is 9.97. The molecular formula is C15H20ClNO4. The van der Waals surface area contributed by atoms with Gasteiger partial charge in [-0.05, 0) is 32.6 Å². The Bertz CT molecular complexity index is 508. The quantitative estimate of drug-likeness (QED) is 0.463. The summed E-state index contributed by atoms with van der Waals surface area (Å²) >= 11 is 5.76. The van der Waals surface area contributed by atoms with Crippen LogP contribution in [0.4, 0.5) is 0 Å². The number of rotatable bonds is 4. The van der Waals surface area contributed by atoms with E-state index in [1.807, 2.05) is 12.2 Å². The number of aliphatic hydroxyl groups is 1. The second kappa shape index (κ2) is 4.99. The fourth-order valence-electron chi connectivity index (χ4n) is 3.99. The average Bonchev–Trinajstić information content (AvgIpc) is 2.65. The van der Waals surface area contributed by atoms with E-state index in [-0.39, 0.29) is 11.8 Å². The molecular weight excluding hydrogens is 294 g/mol. The van der Waals surface area contributed by atoms with E-state index in [4.69, 9.17) is 16.3 Å². The summed E-state index contributed by atoms with van der Waals surface area (Å²) in [6.45, 7) is 1.72. The summed E-state index contributed by atoms with van der Waals surface area (Å²) in [4.78, 5) is 24.4. The van der Waals surface area contributed by atoms with Gasteiger partial charge in [0, 0.05) is 11.8 Å². The number of hydrogen-bond acceptors (Lipinski definition) is 4. The maximum Gasteiger partial charge on any atom is 0.339 e. The van der Waals surface area contributed by atoms with E-state index in [2.05, 4.69) is 5.32 Å². The molecule has 2 aliphatic heterocycles. The van der Waals surface area contributed by atoms with Crippen molar-refractivity contribution in [3.63, 3.8) is 0 Å². The zero-order valence-electron chi connectivity index (χ0n) is 12.0. The number of alkyl halides is 1. The highest BCUT2D eigenvalue weighted by Crippen LogP contribution is 2.53. The predicted molar refractivity (Wildman–Crippen MR) is 76.7 cm³/mol. The van der Waals surface area contributed by atoms with Gasteiger partial charge in [-0.25, -0.2) is 4.79 Å². The number of carbonyl (C=O) groups excluding carboxylic acids is 2. The molecule has 0 aromatic rings. The predicted octanol–water partition coefficient (Wildman–Crippen LogP) is 1.13. The van der Waals surface area contributed by atoms with Crippen molar-refractivity contribution in [1.82, 2.24) is 5.32 Å². The van der Waals surface area contributed by atoms with Gasteiger partial charge in [0.1, 0.15) is 0 Å². The molecule has 0 bridgehead atoms. The van der Waals surface area contributed by atoms with Gasteiger partial charge >= 0.3 is 5.97 Å². The molecule has 5 atom stereocenters. The van der Waals surface area contributed by atoms with Crippen molar-refractivity contribution in [2.75, 3.05) is 5.88 Å². The molecule has 2 saturated heterocycles. The number of esters is 1. The molecule has 2 unspecified atom stereocenters. The van der Waals surface area contributed by atoms with E-state index in [1.54, 1.807) is 6.92 Å². The Balaban J connectivity index is 1.94. The third-order valence-corrected chi connectivity index (χ3v) is 5.47. The monoisotopic (exact) mass is 313 g/mol. The van der Waals surface area contributed by atoms with Gasteiger partial charge in [-0.3, -0.25) is 4.79 Å². The minimum absolute atomic E-state index is 0.138. The van der Waals surface area contributed by atoms with Crippen LogP contribution in [-0.4, -0.2) is 40.1 Å². The number of fused-ring (bicyclic) bond motifs is 1. The molecule has 0 radical (unpaired) electrons. The SMILES string of the molecule is C[C@@]12OC(=O)C1([C@@H](O)C1C=CCCC1)NC(=O)[C@@H]2CCCl. The lowest BCUT2D eigenvalue weighted by Crippen LogP contribution is -2.80. The van der Waals surface area contributed by atoms with Crippen molar-refractivity contribution >= 4 is 23.5 Å². The molecule has 5 nitrogen and oxygen atoms in total. The minimum Gasteiger partial charge on any atom is -0.453 e. The van der Waals surface area contributed by atoms with Crippen molar-refractivity contribution in [2.45, 2.75) is 49.9 Å². The number of aliphatic hydroxyl groups excluding tert-OH is 1. The molecule has 3 aliphatic rings. The highest BCUT2D eigenvalue weighted by Gasteiger charge is 2.79. The molecule has 2 N–H and O–H groups in total. The van der Waals surface area contributed by atoms with Crippen LogP contribution in [0.15, 0.2) is 12.2 Å². The lowest BCUT2D eigenvalue weighted by atomic mass is 9.64. The Kier molecular flexibility index (Phi) is 3.53. The highest BCUT2D eigenvalue weighted by atomic mass is 35.5. The number of halogens is 1. The fourth-order valence-corrected chi connectivity index (χ4v) is 4.21. The number of nitrogens with one attached hydrogen (secondary N) is 1. The number of hydrogen-bond donors (Lipinski definition) is 2. The Labute approximate surface area is 128 Å². The zero-order chi connectivity index (χ0) is 15.3. The molecule has 116 valence electrons. The van der Waals surface area contributed by atoms with Gasteiger partial charge in [-0.1, -0.05) is 12.2 Å². The maximum absolute atomic E-state index is 12.2. The second-order valence-corrected chi connectivity index (χ2v) is 6.67. The third kappa shape index (κ3) is 1.80. The summed E-state index contributed by atoms with van der Waals surface area (Å²) < 4.78 is 5.34. The van der Waals surface area contributed by atoms with Crippen molar-refractivity contribution in [2.24, 2.45) is 11.8 Å². The van der Waals surface area contributed by atoms with E-state index in [1.165, 1.54) is 0 Å². The number of carbonyl (C=O) groups is 2. The minimum atomic E-state index is -1.33. The Morgan fingerprint density at radius 2 is 2.33 bits per heavy atom. The molecule has 6 heteroatoms. The lowest BCUT2D eigenvalue weighted by molar-refractivity contribution is -0.238. The summed E-state index contributed by atoms with van der Waals surface area (Å²) in [6.07, 6.45) is 6.17. The van der Waals surface area contributed by atoms with Crippen LogP contribution in [-0.2, 0) is 14.3 Å². The summed E-state index contributed by atoms with van der Waals surface area (Å²) in [7, 11) is 0. The van der Waals surface area contributed by atoms with Crippen molar-refractivity contribution in [3.8, 4) is 0 Å². The fraction of sp³-hybridized carbons (Fsp3) is 0.733. The Morgan fingerprint density at radius 1 is 1.57 bits per heavy atom. The van der Waals surface area contributed by atoms with Gasteiger partial charge in [-0.2, -0.15) is 0 Å². The molecule has 21 heavy (non-hydrogen) atoms. The van der Waals surface area contributed by atoms with E-state index in [0.29, 0.717) is 12.3 Å². The van der Waals surface area contributed by atoms with E-state index in [0.717, 1.165) is 19.3 Å². The molecule has 2 heterocycles. The van der Waals surface area contributed by atoms with Crippen LogP contribution in [0.5, 0.6) is 0 Å². The average molecular weight is 314 g/mol. The van der Waals surface area contributed by atoms with Crippen LogP contribution in [0.1, 0.15) is 32.6 Å². The normalized spacial score (nSPS) is 42.8. The largest absolute Gasteiger partial charge is 0.453 e. The van der Waals surface area contributed by atoms with Crippen LogP contribution >= 0.6 is 11.6 Å². The number of allylic oxidation sites excluding steroid dienone is 1. The van der Waals surface area contributed by atoms with E-state index in [9.17, 15) is 14.7 Å². The van der Waals surface area contributed by atoms with Gasteiger partial charge in [-0.15, -0.1) is 11.6 Å². The van der Waals surface area contributed by atoms with Crippen molar-refractivity contribution in [1.29, 1.82) is 0 Å². The maximum atomic E-state index is 12.2. The van der Waals surface area contributed by atoms with Gasteiger partial charge in [0.05, 0.1) is 12.0 Å². The number of ether oxygens (including phenoxy) is 1. The van der Waals surface area contributed by atoms with Crippen molar-refractivity contribution in [3.05, 3.63) is 12.2 Å². The summed E-state index contributed by atoms with van der Waals surface area (Å²) in [5, 5.41) is 13.5. The van der Waals surface area contributed by atoms with Gasteiger partial charge in [0.25, 0.3) is 0 Å². The first kappa shape index (κ1) is 14.9. The van der Waals surface area contributed by atoms with Gasteiger partial charge in [0.2, 0.25) is 11.4 Å². The molecule has 3 rings (SSSR count). The first-order valence-corrected chi connectivity index (χ1v) is 7.97. The molecule has 2 fully saturated rings. The zero-order valence-corrected chi connectivity index (χ0v) is 12.7. The molecule has 1 aliphatic carbocycles. The smallest absolute Gasteiger partial charge is 0.339 e. The molecule has 0 saturated carbocycles. The summed E-state index contributed by atoms with van der Waals surface area (Å²) in [5.41, 5.74) is -2.34.